The quantitative estimate of drug-likeness (QED) is 0.389. The molecule has 2 heterocycles. The van der Waals surface area contributed by atoms with E-state index in [4.69, 9.17) is 5.73 Å². The maximum absolute atomic E-state index is 13.1. The average Bonchev–Trinajstić information content (AvgIpc) is 3.18. The Labute approximate surface area is 189 Å². The molecule has 3 rings (SSSR count). The molecule has 0 aliphatic carbocycles. The van der Waals surface area contributed by atoms with Gasteiger partial charge in [0, 0.05) is 23.7 Å². The molecule has 3 aromatic rings. The van der Waals surface area contributed by atoms with Crippen molar-refractivity contribution in [3.63, 3.8) is 0 Å². The molecule has 0 aliphatic rings. The number of hydrogen-bond donors (Lipinski definition) is 1. The monoisotopic (exact) mass is 509 g/mol. The Kier molecular flexibility index (Phi) is 6.64. The van der Waals surface area contributed by atoms with Gasteiger partial charge in [0.25, 0.3) is 5.91 Å². The molecule has 0 atom stereocenters. The third-order valence-corrected chi connectivity index (χ3v) is 4.39. The van der Waals surface area contributed by atoms with Gasteiger partial charge in [0.05, 0.1) is 23.1 Å². The lowest BCUT2D eigenvalue weighted by Gasteiger charge is -2.13. The van der Waals surface area contributed by atoms with Gasteiger partial charge in [0.1, 0.15) is 6.33 Å². The SMILES string of the molecule is NC(=O)/C(=C/n1cnc(-c2cc(C(F)(F)F)cc(C(F)(F)F)c2)n1)c1ccnc(CC(F)(F)F)c1. The number of benzene rings is 1. The second-order valence-corrected chi connectivity index (χ2v) is 7.08. The molecule has 1 aromatic carbocycles. The number of alkyl halides is 9. The number of pyridine rings is 1. The molecule has 0 saturated carbocycles. The minimum atomic E-state index is -5.09. The van der Waals surface area contributed by atoms with E-state index in [1.54, 1.807) is 0 Å². The summed E-state index contributed by atoms with van der Waals surface area (Å²) in [6.45, 7) is 0. The van der Waals surface area contributed by atoms with Gasteiger partial charge in [-0.2, -0.15) is 39.5 Å². The molecule has 0 unspecified atom stereocenters. The van der Waals surface area contributed by atoms with Crippen molar-refractivity contribution < 1.29 is 44.3 Å². The first-order valence-corrected chi connectivity index (χ1v) is 9.27. The maximum atomic E-state index is 13.1. The minimum Gasteiger partial charge on any atom is -0.366 e. The van der Waals surface area contributed by atoms with E-state index in [1.807, 2.05) is 0 Å². The van der Waals surface area contributed by atoms with Crippen molar-refractivity contribution >= 4 is 17.7 Å². The molecule has 2 aromatic heterocycles. The van der Waals surface area contributed by atoms with E-state index < -0.39 is 59.1 Å². The topological polar surface area (TPSA) is 86.7 Å². The Morgan fingerprint density at radius 1 is 0.914 bits per heavy atom. The van der Waals surface area contributed by atoms with Gasteiger partial charge in [0.15, 0.2) is 5.82 Å². The molecule has 6 nitrogen and oxygen atoms in total. The summed E-state index contributed by atoms with van der Waals surface area (Å²) in [7, 11) is 0. The zero-order valence-electron chi connectivity index (χ0n) is 17.0. The number of hydrogen-bond acceptors (Lipinski definition) is 4. The highest BCUT2D eigenvalue weighted by Gasteiger charge is 2.37. The van der Waals surface area contributed by atoms with Crippen LogP contribution in [0.25, 0.3) is 23.2 Å². The molecular formula is C20H12F9N5O. The fourth-order valence-electron chi connectivity index (χ4n) is 2.91. The predicted molar refractivity (Wildman–Crippen MR) is 103 cm³/mol. The van der Waals surface area contributed by atoms with Gasteiger partial charge in [-0.05, 0) is 35.9 Å². The number of carbonyl (C=O) groups excluding carboxylic acids is 1. The van der Waals surface area contributed by atoms with E-state index in [0.29, 0.717) is 12.1 Å². The summed E-state index contributed by atoms with van der Waals surface area (Å²) in [6.07, 6.45) is -13.4. The summed E-state index contributed by atoms with van der Waals surface area (Å²) < 4.78 is 117. The fraction of sp³-hybridized carbons (Fsp3) is 0.200. The number of amides is 1. The number of carbonyl (C=O) groups is 1. The van der Waals surface area contributed by atoms with Crippen molar-refractivity contribution in [2.45, 2.75) is 24.9 Å². The van der Waals surface area contributed by atoms with Crippen molar-refractivity contribution in [3.8, 4) is 11.4 Å². The van der Waals surface area contributed by atoms with Crippen LogP contribution in [0.3, 0.4) is 0 Å². The second kappa shape index (κ2) is 9.03. The zero-order chi connectivity index (χ0) is 26.2. The molecule has 0 fully saturated rings. The fourth-order valence-corrected chi connectivity index (χ4v) is 2.91. The van der Waals surface area contributed by atoms with Gasteiger partial charge in [0.2, 0.25) is 0 Å². The summed E-state index contributed by atoms with van der Waals surface area (Å²) in [6, 6.07) is 2.90. The van der Waals surface area contributed by atoms with E-state index in [0.717, 1.165) is 29.5 Å². The molecule has 15 heteroatoms. The molecule has 0 bridgehead atoms. The van der Waals surface area contributed by atoms with Crippen LogP contribution in [0.2, 0.25) is 0 Å². The van der Waals surface area contributed by atoms with E-state index in [-0.39, 0.29) is 17.2 Å². The first-order chi connectivity index (χ1) is 16.0. The van der Waals surface area contributed by atoms with Gasteiger partial charge in [-0.25, -0.2) is 9.67 Å². The number of halogens is 9. The Balaban J connectivity index is 2.03. The molecule has 0 saturated heterocycles. The molecule has 2 N–H and O–H groups in total. The van der Waals surface area contributed by atoms with Crippen molar-refractivity contribution in [2.75, 3.05) is 0 Å². The van der Waals surface area contributed by atoms with E-state index in [9.17, 15) is 44.3 Å². The summed E-state index contributed by atoms with van der Waals surface area (Å²) in [4.78, 5) is 19.1. The van der Waals surface area contributed by atoms with Crippen molar-refractivity contribution in [2.24, 2.45) is 5.73 Å². The third-order valence-electron chi connectivity index (χ3n) is 4.39. The molecule has 35 heavy (non-hydrogen) atoms. The number of aromatic nitrogens is 4. The van der Waals surface area contributed by atoms with Crippen LogP contribution in [0, 0.1) is 0 Å². The van der Waals surface area contributed by atoms with Crippen LogP contribution in [0.4, 0.5) is 39.5 Å². The van der Waals surface area contributed by atoms with Crippen LogP contribution < -0.4 is 5.73 Å². The summed E-state index contributed by atoms with van der Waals surface area (Å²) >= 11 is 0. The lowest BCUT2D eigenvalue weighted by Crippen LogP contribution is -2.16. The number of rotatable bonds is 5. The molecule has 0 aliphatic heterocycles. The Morgan fingerprint density at radius 2 is 1.51 bits per heavy atom. The average molecular weight is 509 g/mol. The van der Waals surface area contributed by atoms with Crippen molar-refractivity contribution in [1.82, 2.24) is 19.7 Å². The van der Waals surface area contributed by atoms with Crippen LogP contribution in [-0.2, 0) is 23.6 Å². The largest absolute Gasteiger partial charge is 0.416 e. The highest BCUT2D eigenvalue weighted by Crippen LogP contribution is 2.38. The van der Waals surface area contributed by atoms with E-state index in [1.165, 1.54) is 6.07 Å². The zero-order valence-corrected chi connectivity index (χ0v) is 17.0. The molecular weight excluding hydrogens is 497 g/mol. The molecule has 0 radical (unpaired) electrons. The number of nitrogens with two attached hydrogens (primary N) is 1. The van der Waals surface area contributed by atoms with Gasteiger partial charge in [-0.3, -0.25) is 9.78 Å². The highest BCUT2D eigenvalue weighted by molar-refractivity contribution is 6.22. The number of nitrogens with zero attached hydrogens (tertiary/aromatic N) is 4. The van der Waals surface area contributed by atoms with Gasteiger partial charge >= 0.3 is 18.5 Å². The first kappa shape index (κ1) is 25.7. The summed E-state index contributed by atoms with van der Waals surface area (Å²) in [5, 5.41) is 3.75. The standard InChI is InChI=1S/C20H12F9N5O/c21-18(22,23)7-14-5-10(1-2-31-14)15(16(30)35)8-34-9-32-17(33-34)11-3-12(19(24,25)26)6-13(4-11)20(27,28)29/h1-6,8-9H,7H2,(H2,30,35)/b15-8+. The Bertz CT molecular complexity index is 1240. The van der Waals surface area contributed by atoms with Crippen LogP contribution in [0.15, 0.2) is 42.9 Å². The summed E-state index contributed by atoms with van der Waals surface area (Å²) in [5.41, 5.74) is 0.631. The van der Waals surface area contributed by atoms with Gasteiger partial charge < -0.3 is 5.73 Å². The molecule has 0 spiro atoms. The lowest BCUT2D eigenvalue weighted by atomic mass is 10.0. The smallest absolute Gasteiger partial charge is 0.366 e. The third kappa shape index (κ3) is 6.58. The Morgan fingerprint density at radius 3 is 2.03 bits per heavy atom. The first-order valence-electron chi connectivity index (χ1n) is 9.27. The summed E-state index contributed by atoms with van der Waals surface area (Å²) in [5.74, 6) is -1.65. The minimum absolute atomic E-state index is 0.0619. The normalized spacial score (nSPS) is 13.2. The van der Waals surface area contributed by atoms with Crippen LogP contribution >= 0.6 is 0 Å². The van der Waals surface area contributed by atoms with Crippen molar-refractivity contribution in [1.29, 1.82) is 0 Å². The van der Waals surface area contributed by atoms with Gasteiger partial charge in [-0.15, -0.1) is 5.10 Å². The molecule has 186 valence electrons. The lowest BCUT2D eigenvalue weighted by molar-refractivity contribution is -0.143. The van der Waals surface area contributed by atoms with Crippen LogP contribution in [-0.4, -0.2) is 31.8 Å². The highest BCUT2D eigenvalue weighted by atomic mass is 19.4. The van der Waals surface area contributed by atoms with E-state index >= 15 is 0 Å². The predicted octanol–water partition coefficient (Wildman–Crippen LogP) is 4.97. The van der Waals surface area contributed by atoms with Gasteiger partial charge in [-0.1, -0.05) is 0 Å². The molecule has 1 amide bonds. The Hall–Kier alpha value is -3.91. The number of primary amides is 1. The van der Waals surface area contributed by atoms with E-state index in [2.05, 4.69) is 15.1 Å². The second-order valence-electron chi connectivity index (χ2n) is 7.08. The van der Waals surface area contributed by atoms with Crippen LogP contribution in [0.5, 0.6) is 0 Å². The maximum Gasteiger partial charge on any atom is 0.416 e. The van der Waals surface area contributed by atoms with Crippen LogP contribution in [0.1, 0.15) is 22.4 Å². The van der Waals surface area contributed by atoms with Crippen molar-refractivity contribution in [3.05, 3.63) is 65.2 Å².